The minimum atomic E-state index is -0.573. The number of halogens is 1. The molecule has 0 bridgehead atoms. The maximum atomic E-state index is 12.5. The molecule has 2 N–H and O–H groups in total. The van der Waals surface area contributed by atoms with E-state index in [1.165, 1.54) is 16.7 Å². The first-order valence-corrected chi connectivity index (χ1v) is 8.93. The fraction of sp³-hybridized carbons (Fsp3) is 0.375. The molecular formula is C16H17ClN2O4S. The van der Waals surface area contributed by atoms with Crippen molar-refractivity contribution in [2.45, 2.75) is 18.0 Å². The number of esters is 1. The van der Waals surface area contributed by atoms with Gasteiger partial charge in [-0.15, -0.1) is 23.4 Å². The number of β-lactam (4-membered cyclic amide) rings is 1. The number of carbonyl (C=O) groups excluding carboxylic acids is 2. The van der Waals surface area contributed by atoms with Crippen LogP contribution in [0.1, 0.15) is 5.56 Å². The molecule has 1 fully saturated rings. The Hall–Kier alpha value is -1.70. The summed E-state index contributed by atoms with van der Waals surface area (Å²) in [4.78, 5) is 25.9. The van der Waals surface area contributed by atoms with E-state index in [9.17, 15) is 9.59 Å². The number of rotatable bonds is 5. The summed E-state index contributed by atoms with van der Waals surface area (Å²) >= 11 is 7.44. The Labute approximate surface area is 148 Å². The van der Waals surface area contributed by atoms with E-state index in [2.05, 4.69) is 0 Å². The number of methoxy groups -OCH3 is 1. The molecule has 6 nitrogen and oxygen atoms in total. The van der Waals surface area contributed by atoms with E-state index in [1.807, 2.05) is 12.1 Å². The first-order valence-electron chi connectivity index (χ1n) is 7.35. The zero-order valence-corrected chi connectivity index (χ0v) is 14.6. The van der Waals surface area contributed by atoms with Gasteiger partial charge >= 0.3 is 5.97 Å². The molecule has 2 atom stereocenters. The molecule has 3 rings (SSSR count). The Kier molecular flexibility index (Phi) is 5.03. The number of nitrogens with zero attached hydrogens (tertiary/aromatic N) is 1. The second-order valence-electron chi connectivity index (χ2n) is 5.45. The first kappa shape index (κ1) is 17.1. The van der Waals surface area contributed by atoms with E-state index < -0.39 is 12.0 Å². The van der Waals surface area contributed by atoms with Crippen LogP contribution in [0.5, 0.6) is 5.75 Å². The van der Waals surface area contributed by atoms with Gasteiger partial charge in [0.25, 0.3) is 0 Å². The van der Waals surface area contributed by atoms with Crippen LogP contribution in [0.25, 0.3) is 0 Å². The molecule has 2 aliphatic heterocycles. The quantitative estimate of drug-likeness (QED) is 0.481. The Morgan fingerprint density at radius 2 is 2.12 bits per heavy atom. The highest BCUT2D eigenvalue weighted by molar-refractivity contribution is 8.00. The summed E-state index contributed by atoms with van der Waals surface area (Å²) in [5.41, 5.74) is 7.55. The Morgan fingerprint density at radius 1 is 1.42 bits per heavy atom. The molecular weight excluding hydrogens is 352 g/mol. The molecule has 1 amide bonds. The zero-order chi connectivity index (χ0) is 17.3. The van der Waals surface area contributed by atoms with Crippen molar-refractivity contribution in [1.29, 1.82) is 0 Å². The van der Waals surface area contributed by atoms with Gasteiger partial charge in [0, 0.05) is 11.6 Å². The predicted molar refractivity (Wildman–Crippen MR) is 91.6 cm³/mol. The predicted octanol–water partition coefficient (Wildman–Crippen LogP) is 1.47. The largest absolute Gasteiger partial charge is 0.497 e. The average molecular weight is 369 g/mol. The van der Waals surface area contributed by atoms with Crippen LogP contribution < -0.4 is 10.5 Å². The van der Waals surface area contributed by atoms with Crippen molar-refractivity contribution in [3.8, 4) is 5.75 Å². The van der Waals surface area contributed by atoms with Crippen LogP contribution in [0.3, 0.4) is 0 Å². The van der Waals surface area contributed by atoms with Crippen LogP contribution >= 0.6 is 23.4 Å². The third kappa shape index (κ3) is 2.99. The smallest absolute Gasteiger partial charge is 0.355 e. The van der Waals surface area contributed by atoms with E-state index in [1.54, 1.807) is 19.2 Å². The Bertz CT molecular complexity index is 692. The number of amides is 1. The van der Waals surface area contributed by atoms with Gasteiger partial charge in [0.15, 0.2) is 0 Å². The fourth-order valence-corrected chi connectivity index (χ4v) is 4.24. The number of carbonyl (C=O) groups is 2. The molecule has 2 aliphatic rings. The van der Waals surface area contributed by atoms with Crippen LogP contribution in [-0.2, 0) is 20.9 Å². The van der Waals surface area contributed by atoms with Crippen molar-refractivity contribution in [3.63, 3.8) is 0 Å². The minimum Gasteiger partial charge on any atom is -0.497 e. The zero-order valence-electron chi connectivity index (χ0n) is 13.0. The molecule has 0 aliphatic carbocycles. The molecule has 24 heavy (non-hydrogen) atoms. The monoisotopic (exact) mass is 368 g/mol. The van der Waals surface area contributed by atoms with Crippen LogP contribution in [0.2, 0.25) is 0 Å². The van der Waals surface area contributed by atoms with Gasteiger partial charge in [-0.3, -0.25) is 9.69 Å². The van der Waals surface area contributed by atoms with Crippen LogP contribution in [0, 0.1) is 0 Å². The number of hydrogen-bond donors (Lipinski definition) is 1. The van der Waals surface area contributed by atoms with Crippen LogP contribution in [0.4, 0.5) is 0 Å². The summed E-state index contributed by atoms with van der Waals surface area (Å²) in [6, 6.07) is 6.63. The standard InChI is InChI=1S/C16H17ClN2O4S/c1-22-11-4-2-9(3-5-11)7-23-16(21)13-10(6-17)8-24-15-12(18)14(20)19(13)15/h2-5,12,15H,6-8,18H2,1H3/t12-,15+/m0/s1. The summed E-state index contributed by atoms with van der Waals surface area (Å²) in [6.45, 7) is 0.105. The molecule has 2 heterocycles. The van der Waals surface area contributed by atoms with E-state index in [0.29, 0.717) is 11.3 Å². The number of fused-ring (bicyclic) bond motifs is 1. The minimum absolute atomic E-state index is 0.105. The summed E-state index contributed by atoms with van der Waals surface area (Å²) in [7, 11) is 1.58. The van der Waals surface area contributed by atoms with Crippen molar-refractivity contribution < 1.29 is 19.1 Å². The van der Waals surface area contributed by atoms with Crippen molar-refractivity contribution in [2.75, 3.05) is 18.7 Å². The number of hydrogen-bond acceptors (Lipinski definition) is 6. The van der Waals surface area contributed by atoms with Gasteiger partial charge in [-0.05, 0) is 23.3 Å². The summed E-state index contributed by atoms with van der Waals surface area (Å²) in [6.07, 6.45) is 0. The number of ether oxygens (including phenoxy) is 2. The van der Waals surface area contributed by atoms with Gasteiger partial charge in [-0.1, -0.05) is 12.1 Å². The molecule has 0 unspecified atom stereocenters. The maximum absolute atomic E-state index is 12.5. The van der Waals surface area contributed by atoms with Crippen molar-refractivity contribution in [1.82, 2.24) is 4.90 Å². The molecule has 128 valence electrons. The molecule has 1 saturated heterocycles. The lowest BCUT2D eigenvalue weighted by Gasteiger charge is -2.48. The maximum Gasteiger partial charge on any atom is 0.355 e. The van der Waals surface area contributed by atoms with Crippen LogP contribution in [-0.4, -0.2) is 46.9 Å². The van der Waals surface area contributed by atoms with E-state index >= 15 is 0 Å². The van der Waals surface area contributed by atoms with Gasteiger partial charge in [0.05, 0.1) is 7.11 Å². The normalized spacial score (nSPS) is 22.8. The second kappa shape index (κ2) is 7.04. The lowest BCUT2D eigenvalue weighted by molar-refractivity contribution is -0.151. The van der Waals surface area contributed by atoms with Gasteiger partial charge in [0.1, 0.15) is 29.5 Å². The van der Waals surface area contributed by atoms with Gasteiger partial charge < -0.3 is 15.2 Å². The van der Waals surface area contributed by atoms with Gasteiger partial charge in [-0.2, -0.15) is 0 Å². The molecule has 0 saturated carbocycles. The van der Waals surface area contributed by atoms with Crippen molar-refractivity contribution in [2.24, 2.45) is 5.73 Å². The van der Waals surface area contributed by atoms with Crippen molar-refractivity contribution >= 4 is 35.2 Å². The lowest BCUT2D eigenvalue weighted by Crippen LogP contribution is -2.68. The molecule has 0 spiro atoms. The molecule has 1 aromatic rings. The molecule has 1 aromatic carbocycles. The third-order valence-corrected chi connectivity index (χ3v) is 5.66. The summed E-state index contributed by atoms with van der Waals surface area (Å²) in [5.74, 6) is 0.646. The first-order chi connectivity index (χ1) is 11.6. The van der Waals surface area contributed by atoms with Gasteiger partial charge in [0.2, 0.25) is 5.91 Å². The lowest BCUT2D eigenvalue weighted by atomic mass is 10.0. The van der Waals surface area contributed by atoms with Crippen molar-refractivity contribution in [3.05, 3.63) is 41.1 Å². The van der Waals surface area contributed by atoms with Crippen LogP contribution in [0.15, 0.2) is 35.5 Å². The highest BCUT2D eigenvalue weighted by atomic mass is 35.5. The summed E-state index contributed by atoms with van der Waals surface area (Å²) < 4.78 is 10.5. The van der Waals surface area contributed by atoms with E-state index in [4.69, 9.17) is 26.8 Å². The number of thioether (sulfide) groups is 1. The SMILES string of the molecule is COc1ccc(COC(=O)C2=C(CCl)CS[C@@H]3[C@@H](N)C(=O)N23)cc1. The van der Waals surface area contributed by atoms with Gasteiger partial charge in [-0.25, -0.2) is 4.79 Å². The number of nitrogens with two attached hydrogens (primary N) is 1. The molecule has 0 aromatic heterocycles. The second-order valence-corrected chi connectivity index (χ2v) is 6.82. The third-order valence-electron chi connectivity index (χ3n) is 3.97. The average Bonchev–Trinajstić information content (AvgIpc) is 2.64. The Balaban J connectivity index is 1.72. The number of alkyl halides is 1. The molecule has 0 radical (unpaired) electrons. The fourth-order valence-electron chi connectivity index (χ4n) is 2.61. The highest BCUT2D eigenvalue weighted by Crippen LogP contribution is 2.40. The highest BCUT2D eigenvalue weighted by Gasteiger charge is 2.51. The number of benzene rings is 1. The topological polar surface area (TPSA) is 81.9 Å². The molecule has 8 heteroatoms. The Morgan fingerprint density at radius 3 is 2.75 bits per heavy atom. The van der Waals surface area contributed by atoms with E-state index in [0.717, 1.165) is 11.3 Å². The van der Waals surface area contributed by atoms with E-state index in [-0.39, 0.29) is 29.5 Å². The summed E-state index contributed by atoms with van der Waals surface area (Å²) in [5, 5.41) is -0.215.